The Kier molecular flexibility index (Phi) is 9.36. The van der Waals surface area contributed by atoms with Crippen LogP contribution in [0.25, 0.3) is 11.0 Å². The van der Waals surface area contributed by atoms with Gasteiger partial charge in [0.1, 0.15) is 11.6 Å². The monoisotopic (exact) mass is 433 g/mol. The van der Waals surface area contributed by atoms with E-state index in [0.29, 0.717) is 6.61 Å². The highest BCUT2D eigenvalue weighted by Gasteiger charge is 2.10. The fraction of sp³-hybridized carbons (Fsp3) is 0.407. The topological polar surface area (TPSA) is 56.2 Å². The van der Waals surface area contributed by atoms with Crippen LogP contribution in [0.5, 0.6) is 5.75 Å². The summed E-state index contributed by atoms with van der Waals surface area (Å²) in [5, 5.41) is 2.91. The Morgan fingerprint density at radius 1 is 1.06 bits per heavy atom. The van der Waals surface area contributed by atoms with Crippen LogP contribution in [-0.2, 0) is 24.2 Å². The number of allylic oxidation sites excluding steroid dienone is 1. The third-order valence-corrected chi connectivity index (χ3v) is 5.55. The molecule has 0 saturated heterocycles. The first-order chi connectivity index (χ1) is 15.7. The zero-order chi connectivity index (χ0) is 22.6. The van der Waals surface area contributed by atoms with Crippen molar-refractivity contribution in [3.05, 3.63) is 72.1 Å². The zero-order valence-electron chi connectivity index (χ0n) is 19.3. The molecule has 2 aromatic carbocycles. The molecule has 0 unspecified atom stereocenters. The molecule has 0 aliphatic carbocycles. The molecule has 3 aromatic rings. The summed E-state index contributed by atoms with van der Waals surface area (Å²) in [6, 6.07) is 16.7. The van der Waals surface area contributed by atoms with E-state index in [4.69, 9.17) is 9.72 Å². The number of nitrogens with zero attached hydrogens (tertiary/aromatic N) is 2. The first-order valence-electron chi connectivity index (χ1n) is 11.8. The molecule has 1 amide bonds. The number of benzene rings is 2. The smallest absolute Gasteiger partial charge is 0.243 e. The molecule has 0 bridgehead atoms. The number of fused-ring (bicyclic) bond motifs is 1. The van der Waals surface area contributed by atoms with Gasteiger partial charge in [0.25, 0.3) is 0 Å². The minimum absolute atomic E-state index is 0.0159. The summed E-state index contributed by atoms with van der Waals surface area (Å²) in [4.78, 5) is 16.3. The number of imidazole rings is 1. The van der Waals surface area contributed by atoms with E-state index >= 15 is 0 Å². The molecule has 1 aromatic heterocycles. The van der Waals surface area contributed by atoms with Gasteiger partial charge in [-0.15, -0.1) is 0 Å². The predicted octanol–water partition coefficient (Wildman–Crippen LogP) is 5.47. The third-order valence-electron chi connectivity index (χ3n) is 5.55. The molecule has 0 saturated carbocycles. The maximum Gasteiger partial charge on any atom is 0.243 e. The Morgan fingerprint density at radius 3 is 2.66 bits per heavy atom. The SMILES string of the molecule is C/C=C/C(=O)NCCCCCc1nc2ccccc2n1CCCOc1ccc(CC)cc1. The lowest BCUT2D eigenvalue weighted by Crippen LogP contribution is -2.21. The minimum atomic E-state index is -0.0159. The molecule has 0 atom stereocenters. The van der Waals surface area contributed by atoms with Gasteiger partial charge in [-0.05, 0) is 68.5 Å². The van der Waals surface area contributed by atoms with Gasteiger partial charge in [0.2, 0.25) is 5.91 Å². The zero-order valence-corrected chi connectivity index (χ0v) is 19.3. The molecule has 0 radical (unpaired) electrons. The number of aryl methyl sites for hydroxylation is 3. The second-order valence-electron chi connectivity index (χ2n) is 7.97. The third kappa shape index (κ3) is 6.98. The number of nitrogens with one attached hydrogen (secondary N) is 1. The molecule has 0 fully saturated rings. The fourth-order valence-electron chi connectivity index (χ4n) is 3.81. The summed E-state index contributed by atoms with van der Waals surface area (Å²) in [7, 11) is 0. The summed E-state index contributed by atoms with van der Waals surface area (Å²) in [5.41, 5.74) is 3.57. The van der Waals surface area contributed by atoms with Crippen LogP contribution in [-0.4, -0.2) is 28.6 Å². The number of carbonyl (C=O) groups is 1. The molecule has 0 spiro atoms. The van der Waals surface area contributed by atoms with Crippen LogP contribution in [0.1, 0.15) is 50.9 Å². The van der Waals surface area contributed by atoms with Crippen molar-refractivity contribution in [1.82, 2.24) is 14.9 Å². The van der Waals surface area contributed by atoms with Gasteiger partial charge in [0, 0.05) is 19.5 Å². The van der Waals surface area contributed by atoms with Crippen molar-refractivity contribution >= 4 is 16.9 Å². The molecular formula is C27H35N3O2. The molecule has 170 valence electrons. The minimum Gasteiger partial charge on any atom is -0.494 e. The van der Waals surface area contributed by atoms with Gasteiger partial charge in [-0.25, -0.2) is 4.98 Å². The second kappa shape index (κ2) is 12.7. The van der Waals surface area contributed by atoms with E-state index < -0.39 is 0 Å². The van der Waals surface area contributed by atoms with Gasteiger partial charge in [0.15, 0.2) is 0 Å². The van der Waals surface area contributed by atoms with Gasteiger partial charge in [-0.3, -0.25) is 4.79 Å². The predicted molar refractivity (Wildman–Crippen MR) is 131 cm³/mol. The molecule has 1 heterocycles. The van der Waals surface area contributed by atoms with Crippen LogP contribution >= 0.6 is 0 Å². The lowest BCUT2D eigenvalue weighted by molar-refractivity contribution is -0.116. The van der Waals surface area contributed by atoms with Gasteiger partial charge in [-0.2, -0.15) is 0 Å². The van der Waals surface area contributed by atoms with Crippen LogP contribution in [0.4, 0.5) is 0 Å². The largest absolute Gasteiger partial charge is 0.494 e. The summed E-state index contributed by atoms with van der Waals surface area (Å²) >= 11 is 0. The summed E-state index contributed by atoms with van der Waals surface area (Å²) in [5.74, 6) is 2.05. The first-order valence-corrected chi connectivity index (χ1v) is 11.8. The molecule has 3 rings (SSSR count). The molecule has 5 heteroatoms. The second-order valence-corrected chi connectivity index (χ2v) is 7.97. The standard InChI is InChI=1S/C27H35N3O2/c1-3-11-27(31)28-19-9-5-6-14-26-29-24-12-7-8-13-25(24)30(26)20-10-21-32-23-17-15-22(4-2)16-18-23/h3,7-8,11-13,15-18H,4-6,9-10,14,19-21H2,1-2H3,(H,28,31)/b11-3+. The van der Waals surface area contributed by atoms with Gasteiger partial charge >= 0.3 is 0 Å². The van der Waals surface area contributed by atoms with Crippen LogP contribution in [0, 0.1) is 0 Å². The van der Waals surface area contributed by atoms with Crippen molar-refractivity contribution < 1.29 is 9.53 Å². The van der Waals surface area contributed by atoms with E-state index in [2.05, 4.69) is 59.3 Å². The van der Waals surface area contributed by atoms with Crippen LogP contribution in [0.15, 0.2) is 60.7 Å². The highest BCUT2D eigenvalue weighted by atomic mass is 16.5. The van der Waals surface area contributed by atoms with Gasteiger partial charge < -0.3 is 14.6 Å². The lowest BCUT2D eigenvalue weighted by Gasteiger charge is -2.11. The van der Waals surface area contributed by atoms with Gasteiger partial charge in [0.05, 0.1) is 17.6 Å². The fourth-order valence-corrected chi connectivity index (χ4v) is 3.81. The Hall–Kier alpha value is -3.08. The maximum absolute atomic E-state index is 11.5. The number of rotatable bonds is 13. The summed E-state index contributed by atoms with van der Waals surface area (Å²) in [6.45, 7) is 6.30. The normalized spacial score (nSPS) is 11.3. The first kappa shape index (κ1) is 23.6. The number of hydrogen-bond donors (Lipinski definition) is 1. The van der Waals surface area contributed by atoms with Crippen molar-refractivity contribution in [2.45, 2.75) is 58.9 Å². The Balaban J connectivity index is 1.49. The molecule has 0 aliphatic rings. The Morgan fingerprint density at radius 2 is 1.88 bits per heavy atom. The quantitative estimate of drug-likeness (QED) is 0.287. The van der Waals surface area contributed by atoms with E-state index in [1.165, 1.54) is 11.1 Å². The average molecular weight is 434 g/mol. The highest BCUT2D eigenvalue weighted by Crippen LogP contribution is 2.19. The number of aromatic nitrogens is 2. The van der Waals surface area contributed by atoms with E-state index in [0.717, 1.165) is 68.7 Å². The summed E-state index contributed by atoms with van der Waals surface area (Å²) in [6.07, 6.45) is 9.34. The van der Waals surface area contributed by atoms with Gasteiger partial charge in [-0.1, -0.05) is 43.7 Å². The van der Waals surface area contributed by atoms with E-state index in [1.54, 1.807) is 12.2 Å². The Labute approximate surface area is 191 Å². The van der Waals surface area contributed by atoms with Crippen molar-refractivity contribution in [1.29, 1.82) is 0 Å². The highest BCUT2D eigenvalue weighted by molar-refractivity contribution is 5.87. The lowest BCUT2D eigenvalue weighted by atomic mass is 10.2. The number of ether oxygens (including phenoxy) is 1. The molecule has 1 N–H and O–H groups in total. The molecule has 5 nitrogen and oxygen atoms in total. The Bertz CT molecular complexity index is 1010. The van der Waals surface area contributed by atoms with E-state index in [1.807, 2.05) is 13.0 Å². The van der Waals surface area contributed by atoms with Crippen molar-refractivity contribution in [3.63, 3.8) is 0 Å². The van der Waals surface area contributed by atoms with Crippen molar-refractivity contribution in [2.24, 2.45) is 0 Å². The van der Waals surface area contributed by atoms with E-state index in [-0.39, 0.29) is 5.91 Å². The maximum atomic E-state index is 11.5. The summed E-state index contributed by atoms with van der Waals surface area (Å²) < 4.78 is 8.28. The van der Waals surface area contributed by atoms with Crippen LogP contribution in [0.2, 0.25) is 0 Å². The number of carbonyl (C=O) groups excluding carboxylic acids is 1. The van der Waals surface area contributed by atoms with Crippen LogP contribution in [0.3, 0.4) is 0 Å². The molecule has 32 heavy (non-hydrogen) atoms. The van der Waals surface area contributed by atoms with Crippen LogP contribution < -0.4 is 10.1 Å². The number of hydrogen-bond acceptors (Lipinski definition) is 3. The van der Waals surface area contributed by atoms with Crippen molar-refractivity contribution in [3.8, 4) is 5.75 Å². The van der Waals surface area contributed by atoms with Crippen molar-refractivity contribution in [2.75, 3.05) is 13.2 Å². The molecular weight excluding hydrogens is 398 g/mol. The molecule has 0 aliphatic heterocycles. The number of unbranched alkanes of at least 4 members (excludes halogenated alkanes) is 2. The number of amides is 1. The number of para-hydroxylation sites is 2. The average Bonchev–Trinajstić information content (AvgIpc) is 3.17. The van der Waals surface area contributed by atoms with E-state index in [9.17, 15) is 4.79 Å².